The van der Waals surface area contributed by atoms with Crippen molar-refractivity contribution in [2.24, 2.45) is 17.8 Å². The van der Waals surface area contributed by atoms with Gasteiger partial charge in [-0.1, -0.05) is 56.3 Å². The summed E-state index contributed by atoms with van der Waals surface area (Å²) in [6.07, 6.45) is 4.71. The first-order valence-corrected chi connectivity index (χ1v) is 19.0. The lowest BCUT2D eigenvalue weighted by molar-refractivity contribution is -0.146. The summed E-state index contributed by atoms with van der Waals surface area (Å²) < 4.78 is 12.3. The Labute approximate surface area is 314 Å². The van der Waals surface area contributed by atoms with Crippen molar-refractivity contribution in [3.63, 3.8) is 0 Å². The van der Waals surface area contributed by atoms with E-state index in [1.807, 2.05) is 68.4 Å². The number of esters is 1. The Kier molecular flexibility index (Phi) is 13.2. The minimum Gasteiger partial charge on any atom is -0.463 e. The van der Waals surface area contributed by atoms with Crippen LogP contribution in [0.5, 0.6) is 0 Å². The third kappa shape index (κ3) is 8.06. The van der Waals surface area contributed by atoms with Gasteiger partial charge in [-0.2, -0.15) is 0 Å². The highest BCUT2D eigenvalue weighted by Crippen LogP contribution is 2.59. The highest BCUT2D eigenvalue weighted by molar-refractivity contribution is 6.05. The van der Waals surface area contributed by atoms with E-state index in [2.05, 4.69) is 37.2 Å². The van der Waals surface area contributed by atoms with Crippen LogP contribution < -0.4 is 15.1 Å². The van der Waals surface area contributed by atoms with Gasteiger partial charge in [0.2, 0.25) is 11.8 Å². The molecule has 3 saturated heterocycles. The van der Waals surface area contributed by atoms with Gasteiger partial charge in [0.05, 0.1) is 36.6 Å². The maximum absolute atomic E-state index is 15.1. The number of fused-ring (bicyclic) bond motifs is 1. The number of hydrogen-bond donors (Lipinski definition) is 2. The molecule has 2 aromatic carbocycles. The number of likely N-dealkylation sites (tertiary alicyclic amines) is 1. The number of nitrogens with zero attached hydrogens (tertiary/aromatic N) is 3. The number of carbonyl (C=O) groups is 4. The highest BCUT2D eigenvalue weighted by atomic mass is 16.5. The van der Waals surface area contributed by atoms with E-state index >= 15 is 4.79 Å². The quantitative estimate of drug-likeness (QED) is 0.149. The Morgan fingerprint density at radius 3 is 2.34 bits per heavy atom. The molecule has 1 spiro atoms. The molecule has 11 nitrogen and oxygen atoms in total. The Hall–Kier alpha value is -4.48. The number of aliphatic hydroxyl groups excluding tert-OH is 1. The lowest BCUT2D eigenvalue weighted by atomic mass is 9.70. The number of allylic oxidation sites excluding steroid dienone is 1. The smallest absolute Gasteiger partial charge is 0.306 e. The number of benzene rings is 2. The van der Waals surface area contributed by atoms with Gasteiger partial charge in [-0.3, -0.25) is 19.2 Å². The normalized spacial score (nSPS) is 24.0. The predicted octanol–water partition coefficient (Wildman–Crippen LogP) is 5.20. The second-order valence-electron chi connectivity index (χ2n) is 14.7. The summed E-state index contributed by atoms with van der Waals surface area (Å²) in [6, 6.07) is 14.6. The van der Waals surface area contributed by atoms with Crippen molar-refractivity contribution in [2.45, 2.75) is 89.6 Å². The van der Waals surface area contributed by atoms with Crippen LogP contribution in [0.25, 0.3) is 0 Å². The minimum atomic E-state index is -1.27. The summed E-state index contributed by atoms with van der Waals surface area (Å²) in [4.78, 5) is 62.2. The molecule has 11 heteroatoms. The Balaban J connectivity index is 1.50. The number of anilines is 2. The van der Waals surface area contributed by atoms with Crippen LogP contribution in [0.1, 0.15) is 71.4 Å². The highest BCUT2D eigenvalue weighted by Gasteiger charge is 2.75. The summed E-state index contributed by atoms with van der Waals surface area (Å²) in [5.74, 6) is -3.24. The zero-order chi connectivity index (χ0) is 38.3. The van der Waals surface area contributed by atoms with Gasteiger partial charge in [0, 0.05) is 37.4 Å². The summed E-state index contributed by atoms with van der Waals surface area (Å²) in [5, 5.41) is 13.8. The lowest BCUT2D eigenvalue weighted by Gasteiger charge is -2.39. The molecule has 0 radical (unpaired) electrons. The summed E-state index contributed by atoms with van der Waals surface area (Å²) in [6.45, 7) is 17.2. The van der Waals surface area contributed by atoms with Gasteiger partial charge in [-0.25, -0.2) is 0 Å². The molecule has 2 aromatic rings. The number of carbonyl (C=O) groups excluding carboxylic acids is 4. The maximum atomic E-state index is 15.1. The number of ether oxygens (including phenoxy) is 2. The van der Waals surface area contributed by atoms with Crippen molar-refractivity contribution in [1.29, 1.82) is 0 Å². The first-order valence-electron chi connectivity index (χ1n) is 19.0. The molecule has 2 N–H and O–H groups in total. The molecule has 0 unspecified atom stereocenters. The molecule has 3 aliphatic heterocycles. The standard InChI is InChI=1S/C42H56N4O7/c1-7-11-17-35(48)52-27-33(29-15-13-12-14-16-29)43-39(49)36-34-22-23-42(53-34)37(36)40(50)46(32(26-47)25-28(5)6)38(42)41(51)45(24-8-2)31-20-18-30(19-21-31)44(9-3)10-4/h7-8,12-16,18-21,28,32-34,36-38,47H,1-2,9-11,17,22-27H2,3-6H3,(H,43,49)/t32-,33-,34-,36+,37+,38-,42+/m1/s1. The number of rotatable bonds is 19. The minimum absolute atomic E-state index is 0.0918. The second-order valence-corrected chi connectivity index (χ2v) is 14.7. The van der Waals surface area contributed by atoms with E-state index in [0.717, 1.165) is 24.3 Å². The van der Waals surface area contributed by atoms with Crippen molar-refractivity contribution in [3.8, 4) is 0 Å². The van der Waals surface area contributed by atoms with E-state index < -0.39 is 53.5 Å². The topological polar surface area (TPSA) is 129 Å². The first kappa shape index (κ1) is 39.7. The van der Waals surface area contributed by atoms with E-state index in [0.29, 0.717) is 31.4 Å². The molecule has 286 valence electrons. The first-order chi connectivity index (χ1) is 25.5. The van der Waals surface area contributed by atoms with Crippen LogP contribution in [-0.4, -0.2) is 90.3 Å². The number of hydrogen-bond acceptors (Lipinski definition) is 8. The zero-order valence-electron chi connectivity index (χ0n) is 31.6. The van der Waals surface area contributed by atoms with Crippen molar-refractivity contribution < 1.29 is 33.8 Å². The van der Waals surface area contributed by atoms with Crippen LogP contribution in [0.3, 0.4) is 0 Å². The summed E-state index contributed by atoms with van der Waals surface area (Å²) in [7, 11) is 0. The van der Waals surface area contributed by atoms with E-state index in [9.17, 15) is 19.5 Å². The molecule has 0 aromatic heterocycles. The molecule has 3 amide bonds. The number of aliphatic hydroxyl groups is 1. The average Bonchev–Trinajstić information content (AvgIpc) is 3.81. The van der Waals surface area contributed by atoms with Crippen LogP contribution in [0.4, 0.5) is 11.4 Å². The van der Waals surface area contributed by atoms with Crippen molar-refractivity contribution in [3.05, 3.63) is 85.5 Å². The van der Waals surface area contributed by atoms with Gasteiger partial charge in [0.1, 0.15) is 18.2 Å². The van der Waals surface area contributed by atoms with E-state index in [-0.39, 0.29) is 43.9 Å². The predicted molar refractivity (Wildman–Crippen MR) is 205 cm³/mol. The molecule has 0 saturated carbocycles. The lowest BCUT2D eigenvalue weighted by Crippen LogP contribution is -2.59. The van der Waals surface area contributed by atoms with Crippen LogP contribution >= 0.6 is 0 Å². The SMILES string of the molecule is C=CCCC(=O)OC[C@@H](NC(=O)[C@@H]1[C@H]2C(=O)N([C@@H](CO)CC(C)C)[C@H](C(=O)N(CC=C)c3ccc(N(CC)CC)cc3)[C@]23CC[C@H]1O3)c1ccccc1. The molecule has 0 aliphatic carbocycles. The molecule has 7 atom stereocenters. The molecule has 2 bridgehead atoms. The average molecular weight is 729 g/mol. The maximum Gasteiger partial charge on any atom is 0.306 e. The summed E-state index contributed by atoms with van der Waals surface area (Å²) in [5.41, 5.74) is 1.15. The van der Waals surface area contributed by atoms with Crippen molar-refractivity contribution in [1.82, 2.24) is 10.2 Å². The monoisotopic (exact) mass is 728 g/mol. The fraction of sp³-hybridized carbons (Fsp3) is 0.524. The Bertz CT molecular complexity index is 1610. The van der Waals surface area contributed by atoms with Crippen molar-refractivity contribution in [2.75, 3.05) is 42.6 Å². The second kappa shape index (κ2) is 17.6. The number of amides is 3. The van der Waals surface area contributed by atoms with Gasteiger partial charge < -0.3 is 34.6 Å². The van der Waals surface area contributed by atoms with E-state index in [1.54, 1.807) is 17.1 Å². The fourth-order valence-electron chi connectivity index (χ4n) is 8.56. The molecular formula is C42H56N4O7. The molecule has 3 aliphatic rings. The third-order valence-electron chi connectivity index (χ3n) is 11.0. The van der Waals surface area contributed by atoms with Crippen LogP contribution in [0, 0.1) is 17.8 Å². The molecule has 3 fully saturated rings. The van der Waals surface area contributed by atoms with Gasteiger partial charge >= 0.3 is 5.97 Å². The van der Waals surface area contributed by atoms with Crippen LogP contribution in [-0.2, 0) is 28.7 Å². The molecule has 5 rings (SSSR count). The van der Waals surface area contributed by atoms with E-state index in [4.69, 9.17) is 9.47 Å². The van der Waals surface area contributed by atoms with Gasteiger partial charge in [0.15, 0.2) is 0 Å². The van der Waals surface area contributed by atoms with Gasteiger partial charge in [-0.05, 0) is 75.3 Å². The van der Waals surface area contributed by atoms with Crippen LogP contribution in [0.2, 0.25) is 0 Å². The largest absolute Gasteiger partial charge is 0.463 e. The Morgan fingerprint density at radius 1 is 1.06 bits per heavy atom. The fourth-order valence-corrected chi connectivity index (χ4v) is 8.56. The Morgan fingerprint density at radius 2 is 1.74 bits per heavy atom. The zero-order valence-corrected chi connectivity index (χ0v) is 31.6. The van der Waals surface area contributed by atoms with Crippen molar-refractivity contribution >= 4 is 35.1 Å². The molecule has 53 heavy (non-hydrogen) atoms. The molecule has 3 heterocycles. The van der Waals surface area contributed by atoms with Gasteiger partial charge in [-0.15, -0.1) is 13.2 Å². The summed E-state index contributed by atoms with van der Waals surface area (Å²) >= 11 is 0. The number of nitrogens with one attached hydrogen (secondary N) is 1. The molecular weight excluding hydrogens is 672 g/mol. The van der Waals surface area contributed by atoms with E-state index in [1.165, 1.54) is 4.90 Å². The van der Waals surface area contributed by atoms with Gasteiger partial charge in [0.25, 0.3) is 5.91 Å². The van der Waals surface area contributed by atoms with Crippen LogP contribution in [0.15, 0.2) is 79.9 Å². The third-order valence-corrected chi connectivity index (χ3v) is 11.0.